The maximum Gasteiger partial charge on any atom is 0.120 e. The number of hydrogen-bond acceptors (Lipinski definition) is 1. The van der Waals surface area contributed by atoms with E-state index in [1.165, 1.54) is 16.7 Å². The van der Waals surface area contributed by atoms with E-state index in [2.05, 4.69) is 57.2 Å². The molecule has 0 aromatic heterocycles. The maximum absolute atomic E-state index is 5.81. The normalized spacial score (nSPS) is 10.7. The van der Waals surface area contributed by atoms with E-state index in [9.17, 15) is 0 Å². The van der Waals surface area contributed by atoms with Crippen LogP contribution in [0.4, 0.5) is 0 Å². The molecule has 0 aliphatic rings. The largest absolute Gasteiger partial charge is 0.489 e. The van der Waals surface area contributed by atoms with E-state index in [0.717, 1.165) is 5.75 Å². The van der Waals surface area contributed by atoms with Crippen LogP contribution < -0.4 is 4.74 Å². The summed E-state index contributed by atoms with van der Waals surface area (Å²) in [5.41, 5.74) is 3.81. The Morgan fingerprint density at radius 2 is 1.78 bits per heavy atom. The number of benzene rings is 2. The van der Waals surface area contributed by atoms with Gasteiger partial charge in [0.05, 0.1) is 0 Å². The number of hydrogen-bond donors (Lipinski definition) is 0. The molecule has 2 rings (SSSR count). The maximum atomic E-state index is 5.81. The lowest BCUT2D eigenvalue weighted by Crippen LogP contribution is -1.97. The second-order valence-corrected chi connectivity index (χ2v) is 5.00. The molecule has 0 aliphatic heterocycles. The predicted molar refractivity (Wildman–Crippen MR) is 76.0 cm³/mol. The lowest BCUT2D eigenvalue weighted by atomic mass is 10.0. The molecular formula is C17H20O. The zero-order chi connectivity index (χ0) is 13.0. The van der Waals surface area contributed by atoms with E-state index in [1.807, 2.05) is 12.1 Å². The average Bonchev–Trinajstić information content (AvgIpc) is 2.37. The fourth-order valence-electron chi connectivity index (χ4n) is 1.91. The fourth-order valence-corrected chi connectivity index (χ4v) is 1.91. The van der Waals surface area contributed by atoms with Gasteiger partial charge in [0.1, 0.15) is 12.4 Å². The third-order valence-corrected chi connectivity index (χ3v) is 3.01. The van der Waals surface area contributed by atoms with Crippen LogP contribution in [0, 0.1) is 6.92 Å². The molecule has 2 aromatic rings. The topological polar surface area (TPSA) is 9.23 Å². The first-order valence-electron chi connectivity index (χ1n) is 6.43. The van der Waals surface area contributed by atoms with Crippen LogP contribution >= 0.6 is 0 Å². The van der Waals surface area contributed by atoms with Gasteiger partial charge in [0.2, 0.25) is 0 Å². The third kappa shape index (κ3) is 3.36. The summed E-state index contributed by atoms with van der Waals surface area (Å²) in [6, 6.07) is 16.8. The third-order valence-electron chi connectivity index (χ3n) is 3.01. The van der Waals surface area contributed by atoms with Crippen molar-refractivity contribution in [3.8, 4) is 5.75 Å². The highest BCUT2D eigenvalue weighted by Gasteiger charge is 2.01. The highest BCUT2D eigenvalue weighted by atomic mass is 16.5. The first-order chi connectivity index (χ1) is 8.65. The van der Waals surface area contributed by atoms with Crippen molar-refractivity contribution in [3.63, 3.8) is 0 Å². The van der Waals surface area contributed by atoms with Crippen LogP contribution in [-0.4, -0.2) is 0 Å². The number of rotatable bonds is 4. The minimum Gasteiger partial charge on any atom is -0.489 e. The average molecular weight is 240 g/mol. The minimum atomic E-state index is 0.559. The van der Waals surface area contributed by atoms with Crippen LogP contribution in [0.25, 0.3) is 0 Å². The standard InChI is InChI=1S/C17H20O/c1-13(2)16-8-5-7-15(11-16)12-18-17-9-4-6-14(3)10-17/h4-11,13H,12H2,1-3H3. The van der Waals surface area contributed by atoms with Crippen LogP contribution in [-0.2, 0) is 6.61 Å². The smallest absolute Gasteiger partial charge is 0.120 e. The lowest BCUT2D eigenvalue weighted by molar-refractivity contribution is 0.306. The van der Waals surface area contributed by atoms with E-state index in [-0.39, 0.29) is 0 Å². The van der Waals surface area contributed by atoms with E-state index < -0.39 is 0 Å². The number of aryl methyl sites for hydroxylation is 1. The van der Waals surface area contributed by atoms with Gasteiger partial charge in [-0.3, -0.25) is 0 Å². The molecule has 1 nitrogen and oxygen atoms in total. The summed E-state index contributed by atoms with van der Waals surface area (Å²) >= 11 is 0. The molecule has 0 N–H and O–H groups in total. The molecule has 2 aromatic carbocycles. The van der Waals surface area contributed by atoms with Crippen molar-refractivity contribution in [3.05, 3.63) is 65.2 Å². The van der Waals surface area contributed by atoms with Crippen molar-refractivity contribution in [1.82, 2.24) is 0 Å². The molecule has 18 heavy (non-hydrogen) atoms. The van der Waals surface area contributed by atoms with Gasteiger partial charge in [0.25, 0.3) is 0 Å². The zero-order valence-electron chi connectivity index (χ0n) is 11.3. The Bertz CT molecular complexity index is 515. The molecule has 0 fully saturated rings. The first kappa shape index (κ1) is 12.7. The van der Waals surface area contributed by atoms with E-state index in [1.54, 1.807) is 0 Å². The quantitative estimate of drug-likeness (QED) is 0.752. The second kappa shape index (κ2) is 5.72. The first-order valence-corrected chi connectivity index (χ1v) is 6.43. The van der Waals surface area contributed by atoms with Gasteiger partial charge >= 0.3 is 0 Å². The number of ether oxygens (including phenoxy) is 1. The van der Waals surface area contributed by atoms with Gasteiger partial charge in [-0.1, -0.05) is 50.2 Å². The molecule has 0 saturated carbocycles. The van der Waals surface area contributed by atoms with Gasteiger partial charge in [-0.15, -0.1) is 0 Å². The zero-order valence-corrected chi connectivity index (χ0v) is 11.3. The van der Waals surface area contributed by atoms with Crippen molar-refractivity contribution >= 4 is 0 Å². The molecule has 94 valence electrons. The summed E-state index contributed by atoms with van der Waals surface area (Å²) in [5, 5.41) is 0. The van der Waals surface area contributed by atoms with Crippen LogP contribution in [0.3, 0.4) is 0 Å². The Morgan fingerprint density at radius 1 is 1.00 bits per heavy atom. The molecule has 0 amide bonds. The highest BCUT2D eigenvalue weighted by molar-refractivity contribution is 5.29. The molecule has 0 heterocycles. The lowest BCUT2D eigenvalue weighted by Gasteiger charge is -2.10. The van der Waals surface area contributed by atoms with Crippen molar-refractivity contribution < 1.29 is 4.74 Å². The Kier molecular flexibility index (Phi) is 4.03. The highest BCUT2D eigenvalue weighted by Crippen LogP contribution is 2.18. The summed E-state index contributed by atoms with van der Waals surface area (Å²) in [4.78, 5) is 0. The molecule has 0 spiro atoms. The van der Waals surface area contributed by atoms with E-state index in [0.29, 0.717) is 12.5 Å². The van der Waals surface area contributed by atoms with Crippen molar-refractivity contribution in [2.45, 2.75) is 33.3 Å². The summed E-state index contributed by atoms with van der Waals surface area (Å²) in [5.74, 6) is 1.49. The van der Waals surface area contributed by atoms with Crippen molar-refractivity contribution in [2.75, 3.05) is 0 Å². The van der Waals surface area contributed by atoms with E-state index >= 15 is 0 Å². The molecule has 0 unspecified atom stereocenters. The van der Waals surface area contributed by atoms with Crippen LogP contribution in [0.5, 0.6) is 5.75 Å². The monoisotopic (exact) mass is 240 g/mol. The molecular weight excluding hydrogens is 220 g/mol. The summed E-state index contributed by atoms with van der Waals surface area (Å²) in [6.45, 7) is 7.12. The van der Waals surface area contributed by atoms with Gasteiger partial charge in [-0.05, 0) is 41.7 Å². The van der Waals surface area contributed by atoms with Crippen molar-refractivity contribution in [2.24, 2.45) is 0 Å². The van der Waals surface area contributed by atoms with Crippen LogP contribution in [0.1, 0.15) is 36.5 Å². The molecule has 0 saturated heterocycles. The Morgan fingerprint density at radius 3 is 2.50 bits per heavy atom. The predicted octanol–water partition coefficient (Wildman–Crippen LogP) is 4.70. The van der Waals surface area contributed by atoms with E-state index in [4.69, 9.17) is 4.74 Å². The van der Waals surface area contributed by atoms with Crippen LogP contribution in [0.2, 0.25) is 0 Å². The fraction of sp³-hybridized carbons (Fsp3) is 0.294. The second-order valence-electron chi connectivity index (χ2n) is 5.00. The Balaban J connectivity index is 2.04. The van der Waals surface area contributed by atoms with Gasteiger partial charge < -0.3 is 4.74 Å². The molecule has 0 radical (unpaired) electrons. The van der Waals surface area contributed by atoms with Gasteiger partial charge in [0.15, 0.2) is 0 Å². The van der Waals surface area contributed by atoms with Crippen molar-refractivity contribution in [1.29, 1.82) is 0 Å². The summed E-state index contributed by atoms with van der Waals surface area (Å²) < 4.78 is 5.81. The van der Waals surface area contributed by atoms with Gasteiger partial charge in [-0.25, -0.2) is 0 Å². The molecule has 0 bridgehead atoms. The van der Waals surface area contributed by atoms with Gasteiger partial charge in [-0.2, -0.15) is 0 Å². The Labute approximate surface area is 109 Å². The summed E-state index contributed by atoms with van der Waals surface area (Å²) in [6.07, 6.45) is 0. The SMILES string of the molecule is Cc1cccc(OCc2cccc(C(C)C)c2)c1. The minimum absolute atomic E-state index is 0.559. The molecule has 0 aliphatic carbocycles. The van der Waals surface area contributed by atoms with Crippen LogP contribution in [0.15, 0.2) is 48.5 Å². The summed E-state index contributed by atoms with van der Waals surface area (Å²) in [7, 11) is 0. The van der Waals surface area contributed by atoms with Gasteiger partial charge in [0, 0.05) is 0 Å². The Hall–Kier alpha value is -1.76. The molecule has 0 atom stereocenters. The molecule has 1 heteroatoms.